The second-order valence-electron chi connectivity index (χ2n) is 5.47. The summed E-state index contributed by atoms with van der Waals surface area (Å²) in [4.78, 5) is 11.7. The molecule has 0 radical (unpaired) electrons. The third kappa shape index (κ3) is 2.42. The van der Waals surface area contributed by atoms with Crippen LogP contribution in [0.25, 0.3) is 10.9 Å². The van der Waals surface area contributed by atoms with E-state index >= 15 is 0 Å². The maximum absolute atomic E-state index is 4.74. The number of nitrogens with zero attached hydrogens (tertiary/aromatic N) is 3. The van der Waals surface area contributed by atoms with Crippen molar-refractivity contribution in [2.75, 3.05) is 23.8 Å². The van der Waals surface area contributed by atoms with Crippen molar-refractivity contribution in [2.24, 2.45) is 0 Å². The van der Waals surface area contributed by atoms with Gasteiger partial charge in [-0.15, -0.1) is 0 Å². The third-order valence-electron chi connectivity index (χ3n) is 4.12. The van der Waals surface area contributed by atoms with Crippen LogP contribution in [0.4, 0.5) is 11.8 Å². The van der Waals surface area contributed by atoms with Gasteiger partial charge in [-0.3, -0.25) is 0 Å². The molecule has 1 N–H and O–H groups in total. The summed E-state index contributed by atoms with van der Waals surface area (Å²) in [5.41, 5.74) is 1.01. The van der Waals surface area contributed by atoms with Crippen molar-refractivity contribution in [2.45, 2.75) is 38.6 Å². The van der Waals surface area contributed by atoms with Crippen molar-refractivity contribution in [1.82, 2.24) is 9.97 Å². The van der Waals surface area contributed by atoms with Crippen molar-refractivity contribution in [1.29, 1.82) is 0 Å². The highest BCUT2D eigenvalue weighted by Crippen LogP contribution is 2.30. The average molecular weight is 270 g/mol. The number of nitrogens with one attached hydrogen (secondary N) is 1. The van der Waals surface area contributed by atoms with Crippen LogP contribution < -0.4 is 10.2 Å². The van der Waals surface area contributed by atoms with E-state index in [4.69, 9.17) is 4.98 Å². The number of rotatable bonds is 4. The fourth-order valence-electron chi connectivity index (χ4n) is 3.03. The first-order chi connectivity index (χ1) is 9.79. The molecule has 1 saturated carbocycles. The first-order valence-corrected chi connectivity index (χ1v) is 7.53. The zero-order valence-electron chi connectivity index (χ0n) is 12.3. The van der Waals surface area contributed by atoms with E-state index in [0.29, 0.717) is 6.04 Å². The Morgan fingerprint density at radius 2 is 1.95 bits per heavy atom. The summed E-state index contributed by atoms with van der Waals surface area (Å²) in [6.07, 6.45) is 5.20. The molecule has 1 aliphatic rings. The van der Waals surface area contributed by atoms with Gasteiger partial charge in [0.2, 0.25) is 5.95 Å². The van der Waals surface area contributed by atoms with Gasteiger partial charge in [0, 0.05) is 25.0 Å². The van der Waals surface area contributed by atoms with Crippen LogP contribution in [0.15, 0.2) is 24.3 Å². The smallest absolute Gasteiger partial charge is 0.225 e. The lowest BCUT2D eigenvalue weighted by Crippen LogP contribution is -2.30. The third-order valence-corrected chi connectivity index (χ3v) is 4.12. The molecule has 0 atom stereocenters. The number of anilines is 2. The second-order valence-corrected chi connectivity index (χ2v) is 5.47. The van der Waals surface area contributed by atoms with Crippen LogP contribution in [0, 0.1) is 0 Å². The molecular formula is C16H22N4. The van der Waals surface area contributed by atoms with Crippen molar-refractivity contribution < 1.29 is 0 Å². The Morgan fingerprint density at radius 1 is 1.20 bits per heavy atom. The van der Waals surface area contributed by atoms with Crippen LogP contribution in [-0.2, 0) is 0 Å². The summed E-state index contributed by atoms with van der Waals surface area (Å²) in [5, 5.41) is 4.38. The van der Waals surface area contributed by atoms with Gasteiger partial charge in [0.15, 0.2) is 0 Å². The number of aromatic nitrogens is 2. The van der Waals surface area contributed by atoms with Gasteiger partial charge in [-0.1, -0.05) is 25.0 Å². The van der Waals surface area contributed by atoms with Gasteiger partial charge in [-0.05, 0) is 31.9 Å². The molecule has 3 rings (SSSR count). The topological polar surface area (TPSA) is 41.1 Å². The molecule has 4 heteroatoms. The summed E-state index contributed by atoms with van der Waals surface area (Å²) in [7, 11) is 2.17. The standard InChI is InChI=1S/C16H22N4/c1-3-17-16-18-14-11-7-6-10-13(14)15(19-16)20(2)12-8-4-5-9-12/h6-7,10-12H,3-5,8-9H2,1-2H3,(H,17,18,19). The Morgan fingerprint density at radius 3 is 2.70 bits per heavy atom. The lowest BCUT2D eigenvalue weighted by Gasteiger charge is -2.26. The quantitative estimate of drug-likeness (QED) is 0.924. The highest BCUT2D eigenvalue weighted by atomic mass is 15.2. The molecule has 106 valence electrons. The van der Waals surface area contributed by atoms with Gasteiger partial charge in [-0.25, -0.2) is 4.98 Å². The molecule has 1 aliphatic carbocycles. The Bertz CT molecular complexity index is 590. The van der Waals surface area contributed by atoms with E-state index in [-0.39, 0.29) is 0 Å². The number of hydrogen-bond donors (Lipinski definition) is 1. The van der Waals surface area contributed by atoms with Crippen LogP contribution >= 0.6 is 0 Å². The zero-order valence-corrected chi connectivity index (χ0v) is 12.3. The van der Waals surface area contributed by atoms with Crippen LogP contribution in [0.2, 0.25) is 0 Å². The molecule has 1 fully saturated rings. The number of benzene rings is 1. The molecule has 0 saturated heterocycles. The fraction of sp³-hybridized carbons (Fsp3) is 0.500. The molecule has 0 unspecified atom stereocenters. The Kier molecular flexibility index (Phi) is 3.72. The molecule has 1 aromatic heterocycles. The van der Waals surface area contributed by atoms with Gasteiger partial charge < -0.3 is 10.2 Å². The van der Waals surface area contributed by atoms with E-state index in [1.54, 1.807) is 0 Å². The van der Waals surface area contributed by atoms with Crippen LogP contribution in [0.5, 0.6) is 0 Å². The Labute approximate surface area is 120 Å². The molecule has 0 amide bonds. The van der Waals surface area contributed by atoms with Crippen LogP contribution in [0.1, 0.15) is 32.6 Å². The minimum atomic E-state index is 0.614. The first kappa shape index (κ1) is 13.2. The maximum atomic E-state index is 4.74. The van der Waals surface area contributed by atoms with Crippen molar-refractivity contribution in [3.63, 3.8) is 0 Å². The Hall–Kier alpha value is -1.84. The monoisotopic (exact) mass is 270 g/mol. The Balaban J connectivity index is 2.06. The van der Waals surface area contributed by atoms with E-state index in [1.807, 2.05) is 6.07 Å². The van der Waals surface area contributed by atoms with Crippen molar-refractivity contribution in [3.05, 3.63) is 24.3 Å². The summed E-state index contributed by atoms with van der Waals surface area (Å²) in [5.74, 6) is 1.78. The van der Waals surface area contributed by atoms with E-state index in [2.05, 4.69) is 47.4 Å². The fourth-order valence-corrected chi connectivity index (χ4v) is 3.03. The van der Waals surface area contributed by atoms with Crippen LogP contribution in [-0.4, -0.2) is 29.6 Å². The molecule has 0 bridgehead atoms. The average Bonchev–Trinajstić information content (AvgIpc) is 3.00. The highest BCUT2D eigenvalue weighted by molar-refractivity contribution is 5.90. The molecule has 0 aliphatic heterocycles. The van der Waals surface area contributed by atoms with E-state index in [1.165, 1.54) is 25.7 Å². The largest absolute Gasteiger partial charge is 0.356 e. The summed E-state index contributed by atoms with van der Waals surface area (Å²) < 4.78 is 0. The number of hydrogen-bond acceptors (Lipinski definition) is 4. The molecule has 4 nitrogen and oxygen atoms in total. The summed E-state index contributed by atoms with van der Waals surface area (Å²) >= 11 is 0. The normalized spacial score (nSPS) is 15.7. The lowest BCUT2D eigenvalue weighted by atomic mass is 10.2. The summed E-state index contributed by atoms with van der Waals surface area (Å²) in [6.45, 7) is 2.91. The van der Waals surface area contributed by atoms with E-state index in [9.17, 15) is 0 Å². The van der Waals surface area contributed by atoms with Crippen LogP contribution in [0.3, 0.4) is 0 Å². The number of para-hydroxylation sites is 1. The minimum absolute atomic E-state index is 0.614. The minimum Gasteiger partial charge on any atom is -0.356 e. The second kappa shape index (κ2) is 5.65. The molecular weight excluding hydrogens is 248 g/mol. The molecule has 20 heavy (non-hydrogen) atoms. The molecule has 1 heterocycles. The predicted molar refractivity (Wildman–Crippen MR) is 84.4 cm³/mol. The number of fused-ring (bicyclic) bond motifs is 1. The van der Waals surface area contributed by atoms with Crippen molar-refractivity contribution >= 4 is 22.7 Å². The van der Waals surface area contributed by atoms with Gasteiger partial charge in [0.05, 0.1) is 5.52 Å². The predicted octanol–water partition coefficient (Wildman–Crippen LogP) is 3.44. The highest BCUT2D eigenvalue weighted by Gasteiger charge is 2.22. The van der Waals surface area contributed by atoms with E-state index in [0.717, 1.165) is 29.2 Å². The first-order valence-electron chi connectivity index (χ1n) is 7.53. The molecule has 1 aromatic carbocycles. The maximum Gasteiger partial charge on any atom is 0.225 e. The SMILES string of the molecule is CCNc1nc(N(C)C2CCCC2)c2ccccc2n1. The van der Waals surface area contributed by atoms with E-state index < -0.39 is 0 Å². The molecule has 0 spiro atoms. The zero-order chi connectivity index (χ0) is 13.9. The van der Waals surface area contributed by atoms with Gasteiger partial charge >= 0.3 is 0 Å². The van der Waals surface area contributed by atoms with Gasteiger partial charge in [0.1, 0.15) is 5.82 Å². The van der Waals surface area contributed by atoms with Gasteiger partial charge in [-0.2, -0.15) is 4.98 Å². The lowest BCUT2D eigenvalue weighted by molar-refractivity contribution is 0.648. The summed E-state index contributed by atoms with van der Waals surface area (Å²) in [6, 6.07) is 8.88. The molecule has 2 aromatic rings. The van der Waals surface area contributed by atoms with Crippen molar-refractivity contribution in [3.8, 4) is 0 Å². The van der Waals surface area contributed by atoms with Gasteiger partial charge in [0.25, 0.3) is 0 Å².